The summed E-state index contributed by atoms with van der Waals surface area (Å²) in [6.07, 6.45) is 2.19. The van der Waals surface area contributed by atoms with Gasteiger partial charge in [-0.05, 0) is 38.0 Å². The number of nitrogens with zero attached hydrogens (tertiary/aromatic N) is 3. The van der Waals surface area contributed by atoms with E-state index in [9.17, 15) is 9.18 Å². The van der Waals surface area contributed by atoms with Crippen molar-refractivity contribution in [2.75, 3.05) is 26.2 Å². The van der Waals surface area contributed by atoms with Crippen LogP contribution in [0.5, 0.6) is 0 Å². The van der Waals surface area contributed by atoms with Crippen LogP contribution in [0, 0.1) is 17.1 Å². The molecule has 1 N–H and O–H groups in total. The summed E-state index contributed by atoms with van der Waals surface area (Å²) < 4.78 is 13.9. The van der Waals surface area contributed by atoms with E-state index in [1.54, 1.807) is 6.07 Å². The molecule has 2 fully saturated rings. The van der Waals surface area contributed by atoms with Crippen LogP contribution in [0.1, 0.15) is 30.9 Å². The Kier molecular flexibility index (Phi) is 5.12. The first kappa shape index (κ1) is 16.9. The maximum absolute atomic E-state index is 13.9. The highest BCUT2D eigenvalue weighted by Crippen LogP contribution is 2.19. The molecule has 0 radical (unpaired) electrons. The smallest absolute Gasteiger partial charge is 0.237 e. The molecule has 1 unspecified atom stereocenters. The van der Waals surface area contributed by atoms with Gasteiger partial charge in [-0.2, -0.15) is 5.26 Å². The molecule has 1 aliphatic heterocycles. The molecule has 1 aromatic rings. The largest absolute Gasteiger partial charge is 0.352 e. The van der Waals surface area contributed by atoms with Gasteiger partial charge in [0.05, 0.1) is 17.7 Å². The third kappa shape index (κ3) is 4.11. The highest BCUT2D eigenvalue weighted by molar-refractivity contribution is 5.81. The Hall–Kier alpha value is -1.97. The van der Waals surface area contributed by atoms with Crippen LogP contribution < -0.4 is 5.32 Å². The minimum atomic E-state index is -0.270. The first-order valence-corrected chi connectivity index (χ1v) is 8.52. The summed E-state index contributed by atoms with van der Waals surface area (Å²) in [7, 11) is 0. The lowest BCUT2D eigenvalue weighted by Crippen LogP contribution is -2.53. The van der Waals surface area contributed by atoms with E-state index in [-0.39, 0.29) is 17.8 Å². The zero-order valence-corrected chi connectivity index (χ0v) is 14.0. The fourth-order valence-electron chi connectivity index (χ4n) is 3.03. The fourth-order valence-corrected chi connectivity index (χ4v) is 3.03. The monoisotopic (exact) mass is 330 g/mol. The minimum Gasteiger partial charge on any atom is -0.352 e. The van der Waals surface area contributed by atoms with Gasteiger partial charge >= 0.3 is 0 Å². The van der Waals surface area contributed by atoms with Crippen molar-refractivity contribution in [2.45, 2.75) is 38.4 Å². The molecule has 2 aliphatic rings. The predicted octanol–water partition coefficient (Wildman–Crippen LogP) is 1.48. The Bertz CT molecular complexity index is 645. The molecule has 1 atom stereocenters. The molecule has 1 aliphatic carbocycles. The van der Waals surface area contributed by atoms with Crippen molar-refractivity contribution in [1.82, 2.24) is 15.1 Å². The quantitative estimate of drug-likeness (QED) is 0.888. The van der Waals surface area contributed by atoms with Gasteiger partial charge in [0.2, 0.25) is 5.91 Å². The average molecular weight is 330 g/mol. The van der Waals surface area contributed by atoms with Gasteiger partial charge in [-0.1, -0.05) is 0 Å². The van der Waals surface area contributed by atoms with E-state index in [1.807, 2.05) is 13.0 Å². The molecule has 0 spiro atoms. The Morgan fingerprint density at radius 2 is 2.08 bits per heavy atom. The van der Waals surface area contributed by atoms with Crippen LogP contribution in [0.2, 0.25) is 0 Å². The summed E-state index contributed by atoms with van der Waals surface area (Å²) in [4.78, 5) is 16.5. The third-order valence-corrected chi connectivity index (χ3v) is 4.83. The van der Waals surface area contributed by atoms with E-state index in [4.69, 9.17) is 5.26 Å². The highest BCUT2D eigenvalue weighted by atomic mass is 19.1. The lowest BCUT2D eigenvalue weighted by Gasteiger charge is -2.37. The Morgan fingerprint density at radius 1 is 1.38 bits per heavy atom. The van der Waals surface area contributed by atoms with Gasteiger partial charge in [0.25, 0.3) is 0 Å². The van der Waals surface area contributed by atoms with Crippen molar-refractivity contribution in [3.05, 3.63) is 35.1 Å². The zero-order chi connectivity index (χ0) is 17.1. The zero-order valence-electron chi connectivity index (χ0n) is 14.0. The number of amides is 1. The van der Waals surface area contributed by atoms with Crippen LogP contribution in [-0.4, -0.2) is 54.0 Å². The van der Waals surface area contributed by atoms with Gasteiger partial charge in [-0.15, -0.1) is 0 Å². The molecule has 1 saturated heterocycles. The summed E-state index contributed by atoms with van der Waals surface area (Å²) in [5.74, 6) is -0.160. The summed E-state index contributed by atoms with van der Waals surface area (Å²) in [6.45, 7) is 5.60. The topological polar surface area (TPSA) is 59.4 Å². The molecule has 5 nitrogen and oxygen atoms in total. The second-order valence-electron chi connectivity index (χ2n) is 6.69. The number of hydrogen-bond acceptors (Lipinski definition) is 4. The van der Waals surface area contributed by atoms with Crippen LogP contribution in [0.15, 0.2) is 18.2 Å². The molecule has 1 heterocycles. The second kappa shape index (κ2) is 7.29. The molecule has 24 heavy (non-hydrogen) atoms. The van der Waals surface area contributed by atoms with Crippen molar-refractivity contribution >= 4 is 5.91 Å². The third-order valence-electron chi connectivity index (χ3n) is 4.83. The van der Waals surface area contributed by atoms with Crippen molar-refractivity contribution in [3.63, 3.8) is 0 Å². The maximum atomic E-state index is 13.9. The number of nitriles is 1. The molecule has 1 amide bonds. The predicted molar refractivity (Wildman–Crippen MR) is 88.6 cm³/mol. The first-order chi connectivity index (χ1) is 11.6. The Labute approximate surface area is 142 Å². The van der Waals surface area contributed by atoms with E-state index in [1.165, 1.54) is 12.1 Å². The number of nitrogens with one attached hydrogen (secondary N) is 1. The molecule has 3 rings (SSSR count). The number of halogens is 1. The van der Waals surface area contributed by atoms with Gasteiger partial charge in [-0.25, -0.2) is 4.39 Å². The minimum absolute atomic E-state index is 0.110. The van der Waals surface area contributed by atoms with Gasteiger partial charge in [-0.3, -0.25) is 14.6 Å². The molecule has 6 heteroatoms. The maximum Gasteiger partial charge on any atom is 0.237 e. The van der Waals surface area contributed by atoms with E-state index in [2.05, 4.69) is 15.1 Å². The number of rotatable bonds is 5. The average Bonchev–Trinajstić information content (AvgIpc) is 3.41. The highest BCUT2D eigenvalue weighted by Gasteiger charge is 2.30. The van der Waals surface area contributed by atoms with Gasteiger partial charge in [0, 0.05) is 44.3 Å². The molecular formula is C18H23FN4O. The molecule has 128 valence electrons. The van der Waals surface area contributed by atoms with Crippen molar-refractivity contribution in [1.29, 1.82) is 5.26 Å². The number of hydrogen-bond donors (Lipinski definition) is 1. The summed E-state index contributed by atoms with van der Waals surface area (Å²) in [6, 6.07) is 6.79. The van der Waals surface area contributed by atoms with Crippen LogP contribution in [0.25, 0.3) is 0 Å². The number of carbonyl (C=O) groups excluding carboxylic acids is 1. The Balaban J connectivity index is 1.51. The lowest BCUT2D eigenvalue weighted by molar-refractivity contribution is -0.126. The Morgan fingerprint density at radius 3 is 2.71 bits per heavy atom. The number of piperazine rings is 1. The van der Waals surface area contributed by atoms with Gasteiger partial charge in [0.1, 0.15) is 5.82 Å². The van der Waals surface area contributed by atoms with E-state index in [0.717, 1.165) is 39.0 Å². The SMILES string of the molecule is CC(C(=O)NC1CC1)N1CCN(Cc2cc(C#N)ccc2F)CC1. The summed E-state index contributed by atoms with van der Waals surface area (Å²) in [5, 5.41) is 12.0. The molecule has 0 aromatic heterocycles. The summed E-state index contributed by atoms with van der Waals surface area (Å²) in [5.41, 5.74) is 1.04. The number of benzene rings is 1. The normalized spacial score (nSPS) is 20.4. The van der Waals surface area contributed by atoms with Crippen LogP contribution in [0.3, 0.4) is 0 Å². The van der Waals surface area contributed by atoms with Gasteiger partial charge in [0.15, 0.2) is 0 Å². The van der Waals surface area contributed by atoms with E-state index in [0.29, 0.717) is 23.7 Å². The fraction of sp³-hybridized carbons (Fsp3) is 0.556. The van der Waals surface area contributed by atoms with Crippen molar-refractivity contribution in [2.24, 2.45) is 0 Å². The van der Waals surface area contributed by atoms with E-state index >= 15 is 0 Å². The molecular weight excluding hydrogens is 307 g/mol. The van der Waals surface area contributed by atoms with Gasteiger partial charge < -0.3 is 5.32 Å². The van der Waals surface area contributed by atoms with Crippen LogP contribution in [0.4, 0.5) is 4.39 Å². The number of carbonyl (C=O) groups is 1. The standard InChI is InChI=1S/C18H23FN4O/c1-13(18(24)21-16-3-4-16)23-8-6-22(7-9-23)12-15-10-14(11-20)2-5-17(15)19/h2,5,10,13,16H,3-4,6-9,12H2,1H3,(H,21,24). The molecule has 1 aromatic carbocycles. The summed E-state index contributed by atoms with van der Waals surface area (Å²) >= 11 is 0. The van der Waals surface area contributed by atoms with Crippen LogP contribution in [-0.2, 0) is 11.3 Å². The molecule has 0 bridgehead atoms. The lowest BCUT2D eigenvalue weighted by atomic mass is 10.1. The molecule has 1 saturated carbocycles. The second-order valence-corrected chi connectivity index (χ2v) is 6.69. The first-order valence-electron chi connectivity index (χ1n) is 8.52. The van der Waals surface area contributed by atoms with Crippen molar-refractivity contribution < 1.29 is 9.18 Å². The van der Waals surface area contributed by atoms with Crippen molar-refractivity contribution in [3.8, 4) is 6.07 Å². The van der Waals surface area contributed by atoms with E-state index < -0.39 is 0 Å². The van der Waals surface area contributed by atoms with Crippen LogP contribution >= 0.6 is 0 Å².